The lowest BCUT2D eigenvalue weighted by molar-refractivity contribution is 0.0532. The molecule has 1 aromatic carbocycles. The van der Waals surface area contributed by atoms with E-state index in [1.165, 1.54) is 12.1 Å². The molecule has 0 amide bonds. The number of aliphatic hydroxyl groups is 1. The van der Waals surface area contributed by atoms with E-state index in [0.29, 0.717) is 17.9 Å². The van der Waals surface area contributed by atoms with Crippen LogP contribution in [0.1, 0.15) is 25.7 Å². The van der Waals surface area contributed by atoms with Crippen LogP contribution in [0.25, 0.3) is 0 Å². The van der Waals surface area contributed by atoms with E-state index in [1.807, 2.05) is 0 Å². The summed E-state index contributed by atoms with van der Waals surface area (Å²) in [5, 5.41) is 10.5. The summed E-state index contributed by atoms with van der Waals surface area (Å²) in [7, 11) is -3.60. The van der Waals surface area contributed by atoms with Gasteiger partial charge in [-0.1, -0.05) is 30.5 Å². The van der Waals surface area contributed by atoms with Crippen molar-refractivity contribution in [3.05, 3.63) is 29.3 Å². The Balaban J connectivity index is 2.08. The molecule has 0 bridgehead atoms. The molecule has 0 unspecified atom stereocenters. The molecule has 100 valence electrons. The van der Waals surface area contributed by atoms with Gasteiger partial charge in [-0.05, 0) is 31.0 Å². The van der Waals surface area contributed by atoms with E-state index in [4.69, 9.17) is 11.6 Å². The van der Waals surface area contributed by atoms with E-state index in [0.717, 1.165) is 12.8 Å². The maximum atomic E-state index is 12.0. The molecule has 0 saturated heterocycles. The average Bonchev–Trinajstić information content (AvgIpc) is 2.75. The molecule has 1 aromatic rings. The van der Waals surface area contributed by atoms with Crippen molar-refractivity contribution >= 4 is 21.6 Å². The molecule has 0 radical (unpaired) electrons. The van der Waals surface area contributed by atoms with Crippen molar-refractivity contribution < 1.29 is 13.5 Å². The fraction of sp³-hybridized carbons (Fsp3) is 0.500. The monoisotopic (exact) mass is 289 g/mol. The van der Waals surface area contributed by atoms with Gasteiger partial charge in [0.25, 0.3) is 0 Å². The first-order chi connectivity index (χ1) is 8.41. The van der Waals surface area contributed by atoms with Crippen LogP contribution in [-0.4, -0.2) is 25.7 Å². The second-order valence-corrected chi connectivity index (χ2v) is 6.92. The fourth-order valence-electron chi connectivity index (χ4n) is 2.16. The highest BCUT2D eigenvalue weighted by atomic mass is 35.5. The third-order valence-corrected chi connectivity index (χ3v) is 4.87. The first-order valence-electron chi connectivity index (χ1n) is 5.89. The van der Waals surface area contributed by atoms with Crippen LogP contribution in [-0.2, 0) is 10.0 Å². The van der Waals surface area contributed by atoms with Crippen molar-refractivity contribution in [2.24, 2.45) is 0 Å². The second kappa shape index (κ2) is 5.17. The van der Waals surface area contributed by atoms with Crippen LogP contribution < -0.4 is 4.72 Å². The molecule has 1 fully saturated rings. The lowest BCUT2D eigenvalue weighted by Crippen LogP contribution is -2.40. The first-order valence-corrected chi connectivity index (χ1v) is 7.75. The standard InChI is InChI=1S/C12H16ClNO3S/c13-10-4-3-5-11(8-10)18(16,17)14-9-12(15)6-1-2-7-12/h3-5,8,14-15H,1-2,6-7,9H2. The van der Waals surface area contributed by atoms with Gasteiger partial charge in [-0.3, -0.25) is 0 Å². The topological polar surface area (TPSA) is 66.4 Å². The van der Waals surface area contributed by atoms with Crippen molar-refractivity contribution in [3.63, 3.8) is 0 Å². The third kappa shape index (κ3) is 3.23. The van der Waals surface area contributed by atoms with Gasteiger partial charge in [-0.15, -0.1) is 0 Å². The first kappa shape index (κ1) is 13.8. The summed E-state index contributed by atoms with van der Waals surface area (Å²) in [5.41, 5.74) is -0.897. The summed E-state index contributed by atoms with van der Waals surface area (Å²) in [4.78, 5) is 0.122. The van der Waals surface area contributed by atoms with E-state index in [2.05, 4.69) is 4.72 Å². The Kier molecular flexibility index (Phi) is 3.96. The fourth-order valence-corrected chi connectivity index (χ4v) is 3.58. The Morgan fingerprint density at radius 1 is 1.33 bits per heavy atom. The van der Waals surface area contributed by atoms with Crippen LogP contribution in [0.3, 0.4) is 0 Å². The van der Waals surface area contributed by atoms with Gasteiger partial charge in [-0.2, -0.15) is 0 Å². The number of benzene rings is 1. The van der Waals surface area contributed by atoms with Crippen LogP contribution in [0.2, 0.25) is 5.02 Å². The Morgan fingerprint density at radius 2 is 2.00 bits per heavy atom. The molecule has 6 heteroatoms. The molecule has 2 N–H and O–H groups in total. The zero-order chi connectivity index (χ0) is 13.2. The van der Waals surface area contributed by atoms with Crippen molar-refractivity contribution in [2.75, 3.05) is 6.54 Å². The minimum absolute atomic E-state index is 0.0574. The minimum Gasteiger partial charge on any atom is -0.389 e. The highest BCUT2D eigenvalue weighted by Gasteiger charge is 2.32. The van der Waals surface area contributed by atoms with Gasteiger partial charge in [0, 0.05) is 11.6 Å². The third-order valence-electron chi connectivity index (χ3n) is 3.23. The van der Waals surface area contributed by atoms with E-state index in [-0.39, 0.29) is 11.4 Å². The summed E-state index contributed by atoms with van der Waals surface area (Å²) < 4.78 is 26.5. The zero-order valence-corrected chi connectivity index (χ0v) is 11.5. The van der Waals surface area contributed by atoms with Gasteiger partial charge in [0.05, 0.1) is 10.5 Å². The number of hydrogen-bond donors (Lipinski definition) is 2. The summed E-state index contributed by atoms with van der Waals surface area (Å²) >= 11 is 5.76. The molecule has 1 saturated carbocycles. The van der Waals surface area contributed by atoms with Gasteiger partial charge in [0.2, 0.25) is 10.0 Å². The van der Waals surface area contributed by atoms with E-state index in [9.17, 15) is 13.5 Å². The molecule has 1 aliphatic rings. The molecular formula is C12H16ClNO3S. The maximum Gasteiger partial charge on any atom is 0.240 e. The van der Waals surface area contributed by atoms with Gasteiger partial charge in [-0.25, -0.2) is 13.1 Å². The molecular weight excluding hydrogens is 274 g/mol. The van der Waals surface area contributed by atoms with E-state index >= 15 is 0 Å². The Bertz CT molecular complexity index is 524. The quantitative estimate of drug-likeness (QED) is 0.890. The van der Waals surface area contributed by atoms with E-state index in [1.54, 1.807) is 12.1 Å². The molecule has 0 aliphatic heterocycles. The van der Waals surface area contributed by atoms with Crippen molar-refractivity contribution in [2.45, 2.75) is 36.2 Å². The van der Waals surface area contributed by atoms with Crippen molar-refractivity contribution in [1.82, 2.24) is 4.72 Å². The largest absolute Gasteiger partial charge is 0.389 e. The number of sulfonamides is 1. The normalized spacial score (nSPS) is 19.0. The van der Waals surface area contributed by atoms with Crippen LogP contribution in [0.4, 0.5) is 0 Å². The van der Waals surface area contributed by atoms with Crippen LogP contribution in [0, 0.1) is 0 Å². The number of rotatable bonds is 4. The smallest absolute Gasteiger partial charge is 0.240 e. The van der Waals surface area contributed by atoms with Crippen LogP contribution >= 0.6 is 11.6 Å². The van der Waals surface area contributed by atoms with Gasteiger partial charge >= 0.3 is 0 Å². The summed E-state index contributed by atoms with van der Waals surface area (Å²) in [6.45, 7) is 0.0574. The molecule has 2 rings (SSSR count). The average molecular weight is 290 g/mol. The molecule has 1 aliphatic carbocycles. The SMILES string of the molecule is O=S(=O)(NCC1(O)CCCC1)c1cccc(Cl)c1. The van der Waals surface area contributed by atoms with Gasteiger partial charge in [0.1, 0.15) is 0 Å². The summed E-state index contributed by atoms with van der Waals surface area (Å²) in [6.07, 6.45) is 3.17. The highest BCUT2D eigenvalue weighted by molar-refractivity contribution is 7.89. The molecule has 18 heavy (non-hydrogen) atoms. The molecule has 0 heterocycles. The summed E-state index contributed by atoms with van der Waals surface area (Å²) in [6, 6.07) is 6.07. The lowest BCUT2D eigenvalue weighted by atomic mass is 10.0. The minimum atomic E-state index is -3.60. The Labute approximate surface area is 112 Å². The maximum absolute atomic E-state index is 12.0. The zero-order valence-electron chi connectivity index (χ0n) is 9.89. The Hall–Kier alpha value is -0.620. The van der Waals surface area contributed by atoms with Crippen LogP contribution in [0.5, 0.6) is 0 Å². The number of halogens is 1. The number of hydrogen-bond acceptors (Lipinski definition) is 3. The molecule has 0 aromatic heterocycles. The van der Waals surface area contributed by atoms with E-state index < -0.39 is 15.6 Å². The van der Waals surface area contributed by atoms with Crippen molar-refractivity contribution in [3.8, 4) is 0 Å². The molecule has 4 nitrogen and oxygen atoms in total. The lowest BCUT2D eigenvalue weighted by Gasteiger charge is -2.22. The van der Waals surface area contributed by atoms with Gasteiger partial charge < -0.3 is 5.11 Å². The molecule has 0 atom stereocenters. The highest BCUT2D eigenvalue weighted by Crippen LogP contribution is 2.29. The number of nitrogens with one attached hydrogen (secondary N) is 1. The predicted octanol–water partition coefficient (Wildman–Crippen LogP) is 1.92. The Morgan fingerprint density at radius 3 is 2.61 bits per heavy atom. The van der Waals surface area contributed by atoms with Gasteiger partial charge in [0.15, 0.2) is 0 Å². The van der Waals surface area contributed by atoms with Crippen molar-refractivity contribution in [1.29, 1.82) is 0 Å². The molecule has 0 spiro atoms. The van der Waals surface area contributed by atoms with Crippen LogP contribution in [0.15, 0.2) is 29.2 Å². The second-order valence-electron chi connectivity index (χ2n) is 4.71. The summed E-state index contributed by atoms with van der Waals surface area (Å²) in [5.74, 6) is 0. The predicted molar refractivity (Wildman–Crippen MR) is 70.1 cm³/mol.